The minimum atomic E-state index is -0.176. The fourth-order valence-electron chi connectivity index (χ4n) is 3.54. The first kappa shape index (κ1) is 14.4. The molecule has 0 bridgehead atoms. The second-order valence-corrected chi connectivity index (χ2v) is 7.19. The van der Waals surface area contributed by atoms with E-state index in [1.165, 1.54) is 0 Å². The number of piperidine rings is 1. The van der Waals surface area contributed by atoms with Gasteiger partial charge in [0.15, 0.2) is 0 Å². The van der Waals surface area contributed by atoms with Crippen LogP contribution in [0.25, 0.3) is 0 Å². The van der Waals surface area contributed by atoms with Gasteiger partial charge >= 0.3 is 0 Å². The monoisotopic (exact) mass is 297 g/mol. The molecule has 1 N–H and O–H groups in total. The van der Waals surface area contributed by atoms with Crippen LogP contribution in [-0.4, -0.2) is 52.1 Å². The maximum absolute atomic E-state index is 10.2. The topological polar surface area (TPSA) is 58.5 Å². The van der Waals surface area contributed by atoms with Gasteiger partial charge in [-0.05, 0) is 39.8 Å². The molecule has 1 aliphatic carbocycles. The summed E-state index contributed by atoms with van der Waals surface area (Å²) in [6, 6.07) is 0. The number of aliphatic hydroxyl groups excluding tert-OH is 1. The smallest absolute Gasteiger partial charge is 0.131 e. The zero-order valence-corrected chi connectivity index (χ0v) is 13.0. The van der Waals surface area contributed by atoms with Crippen molar-refractivity contribution in [2.45, 2.75) is 51.9 Å². The van der Waals surface area contributed by atoms with Crippen molar-refractivity contribution in [3.8, 4) is 0 Å². The van der Waals surface area contributed by atoms with Crippen molar-refractivity contribution in [1.82, 2.24) is 15.1 Å². The highest BCUT2D eigenvalue weighted by Crippen LogP contribution is 2.51. The SMILES string of the molecule is CCOC1CC(O)C12CCN(Cc1nnc(C)s1)CC2. The van der Waals surface area contributed by atoms with E-state index in [1.807, 2.05) is 13.8 Å². The van der Waals surface area contributed by atoms with E-state index in [0.29, 0.717) is 0 Å². The maximum atomic E-state index is 10.2. The van der Waals surface area contributed by atoms with Gasteiger partial charge in [0.2, 0.25) is 0 Å². The van der Waals surface area contributed by atoms with Crippen LogP contribution in [-0.2, 0) is 11.3 Å². The van der Waals surface area contributed by atoms with Crippen LogP contribution < -0.4 is 0 Å². The van der Waals surface area contributed by atoms with Crippen molar-refractivity contribution in [3.05, 3.63) is 10.0 Å². The maximum Gasteiger partial charge on any atom is 0.131 e. The van der Waals surface area contributed by atoms with Crippen molar-refractivity contribution < 1.29 is 9.84 Å². The Balaban J connectivity index is 1.56. The first-order valence-electron chi connectivity index (χ1n) is 7.45. The third kappa shape index (κ3) is 2.50. The van der Waals surface area contributed by atoms with E-state index in [1.54, 1.807) is 11.3 Å². The molecule has 0 radical (unpaired) electrons. The zero-order valence-electron chi connectivity index (χ0n) is 12.2. The first-order chi connectivity index (χ1) is 9.64. The second kappa shape index (κ2) is 5.67. The lowest BCUT2D eigenvalue weighted by atomic mass is 9.58. The Bertz CT molecular complexity index is 455. The number of ether oxygens (including phenoxy) is 1. The minimum absolute atomic E-state index is 0.0174. The Labute approximate surface area is 124 Å². The Morgan fingerprint density at radius 2 is 2.15 bits per heavy atom. The molecule has 6 heteroatoms. The summed E-state index contributed by atoms with van der Waals surface area (Å²) < 4.78 is 5.80. The van der Waals surface area contributed by atoms with Gasteiger partial charge in [0.25, 0.3) is 0 Å². The van der Waals surface area contributed by atoms with E-state index < -0.39 is 0 Å². The molecular weight excluding hydrogens is 274 g/mol. The molecule has 3 rings (SSSR count). The number of rotatable bonds is 4. The van der Waals surface area contributed by atoms with Crippen LogP contribution in [0.4, 0.5) is 0 Å². The number of likely N-dealkylation sites (tertiary alicyclic amines) is 1. The molecule has 0 amide bonds. The molecule has 1 aliphatic heterocycles. The fourth-order valence-corrected chi connectivity index (χ4v) is 4.29. The second-order valence-electron chi connectivity index (χ2n) is 5.92. The molecule has 2 aliphatic rings. The number of aryl methyl sites for hydroxylation is 1. The van der Waals surface area contributed by atoms with Gasteiger partial charge in [-0.1, -0.05) is 0 Å². The largest absolute Gasteiger partial charge is 0.392 e. The van der Waals surface area contributed by atoms with Crippen molar-refractivity contribution >= 4 is 11.3 Å². The van der Waals surface area contributed by atoms with Crippen LogP contribution in [0.2, 0.25) is 0 Å². The highest BCUT2D eigenvalue weighted by Gasteiger charge is 2.55. The molecule has 2 atom stereocenters. The molecule has 1 spiro atoms. The van der Waals surface area contributed by atoms with E-state index in [2.05, 4.69) is 15.1 Å². The van der Waals surface area contributed by atoms with Crippen LogP contribution in [0.15, 0.2) is 0 Å². The third-order valence-electron chi connectivity index (χ3n) is 4.82. The summed E-state index contributed by atoms with van der Waals surface area (Å²) in [5, 5.41) is 20.6. The van der Waals surface area contributed by atoms with Gasteiger partial charge < -0.3 is 9.84 Å². The predicted molar refractivity (Wildman–Crippen MR) is 77.6 cm³/mol. The summed E-state index contributed by atoms with van der Waals surface area (Å²) >= 11 is 1.67. The zero-order chi connectivity index (χ0) is 14.2. The summed E-state index contributed by atoms with van der Waals surface area (Å²) in [6.07, 6.45) is 2.94. The minimum Gasteiger partial charge on any atom is -0.392 e. The van der Waals surface area contributed by atoms with Crippen LogP contribution in [0.1, 0.15) is 36.2 Å². The molecular formula is C14H23N3O2S. The molecule has 5 nitrogen and oxygen atoms in total. The summed E-state index contributed by atoms with van der Waals surface area (Å²) in [7, 11) is 0. The Morgan fingerprint density at radius 1 is 1.40 bits per heavy atom. The predicted octanol–water partition coefficient (Wildman–Crippen LogP) is 1.60. The van der Waals surface area contributed by atoms with Crippen LogP contribution in [0.5, 0.6) is 0 Å². The van der Waals surface area contributed by atoms with Gasteiger partial charge in [0.1, 0.15) is 10.0 Å². The Hall–Kier alpha value is -0.560. The summed E-state index contributed by atoms with van der Waals surface area (Å²) in [5.41, 5.74) is 0.0174. The lowest BCUT2D eigenvalue weighted by Gasteiger charge is -2.56. The van der Waals surface area contributed by atoms with Gasteiger partial charge in [-0.3, -0.25) is 4.90 Å². The quantitative estimate of drug-likeness (QED) is 0.915. The highest BCUT2D eigenvalue weighted by molar-refractivity contribution is 7.11. The number of hydrogen-bond acceptors (Lipinski definition) is 6. The lowest BCUT2D eigenvalue weighted by molar-refractivity contribution is -0.209. The van der Waals surface area contributed by atoms with E-state index in [4.69, 9.17) is 4.74 Å². The highest BCUT2D eigenvalue weighted by atomic mass is 32.1. The molecule has 2 heterocycles. The molecule has 1 saturated heterocycles. The van der Waals surface area contributed by atoms with Crippen molar-refractivity contribution in [2.24, 2.45) is 5.41 Å². The van der Waals surface area contributed by atoms with E-state index >= 15 is 0 Å². The van der Waals surface area contributed by atoms with E-state index in [-0.39, 0.29) is 17.6 Å². The van der Waals surface area contributed by atoms with Crippen molar-refractivity contribution in [3.63, 3.8) is 0 Å². The molecule has 0 aromatic carbocycles. The Morgan fingerprint density at radius 3 is 2.70 bits per heavy atom. The summed E-state index contributed by atoms with van der Waals surface area (Å²) in [4.78, 5) is 2.42. The summed E-state index contributed by atoms with van der Waals surface area (Å²) in [6.45, 7) is 7.68. The van der Waals surface area contributed by atoms with Crippen molar-refractivity contribution in [2.75, 3.05) is 19.7 Å². The third-order valence-corrected chi connectivity index (χ3v) is 5.65. The molecule has 2 unspecified atom stereocenters. The Kier molecular flexibility index (Phi) is 4.08. The van der Waals surface area contributed by atoms with Gasteiger partial charge in [0, 0.05) is 18.4 Å². The number of aliphatic hydroxyl groups is 1. The van der Waals surface area contributed by atoms with Gasteiger partial charge in [-0.25, -0.2) is 0 Å². The number of hydrogen-bond donors (Lipinski definition) is 1. The standard InChI is InChI=1S/C14H23N3O2S/c1-3-19-12-8-11(18)14(12)4-6-17(7-5-14)9-13-16-15-10(2)20-13/h11-12,18H,3-9H2,1-2H3. The normalized spacial score (nSPS) is 29.6. The lowest BCUT2D eigenvalue weighted by Crippen LogP contribution is -2.62. The van der Waals surface area contributed by atoms with Crippen LogP contribution >= 0.6 is 11.3 Å². The average Bonchev–Trinajstić information content (AvgIpc) is 2.85. The fraction of sp³-hybridized carbons (Fsp3) is 0.857. The molecule has 20 heavy (non-hydrogen) atoms. The molecule has 1 aromatic rings. The van der Waals surface area contributed by atoms with E-state index in [9.17, 15) is 5.11 Å². The first-order valence-corrected chi connectivity index (χ1v) is 8.26. The van der Waals surface area contributed by atoms with Gasteiger partial charge in [-0.15, -0.1) is 21.5 Å². The number of aromatic nitrogens is 2. The molecule has 112 valence electrons. The molecule has 1 saturated carbocycles. The molecule has 2 fully saturated rings. The number of nitrogens with zero attached hydrogens (tertiary/aromatic N) is 3. The van der Waals surface area contributed by atoms with E-state index in [0.717, 1.165) is 55.5 Å². The van der Waals surface area contributed by atoms with Crippen molar-refractivity contribution in [1.29, 1.82) is 0 Å². The van der Waals surface area contributed by atoms with Gasteiger partial charge in [0.05, 0.1) is 18.8 Å². The van der Waals surface area contributed by atoms with Crippen LogP contribution in [0, 0.1) is 12.3 Å². The summed E-state index contributed by atoms with van der Waals surface area (Å²) in [5.74, 6) is 0. The van der Waals surface area contributed by atoms with Gasteiger partial charge in [-0.2, -0.15) is 0 Å². The average molecular weight is 297 g/mol. The van der Waals surface area contributed by atoms with Crippen LogP contribution in [0.3, 0.4) is 0 Å². The molecule has 1 aromatic heterocycles.